The second-order valence-corrected chi connectivity index (χ2v) is 4.38. The van der Waals surface area contributed by atoms with Gasteiger partial charge in [-0.15, -0.1) is 0 Å². The normalized spacial score (nSPS) is 31.9. The molecule has 2 bridgehead atoms. The highest BCUT2D eigenvalue weighted by atomic mass is 14.4. The highest BCUT2D eigenvalue weighted by Gasteiger charge is 2.33. The fourth-order valence-electron chi connectivity index (χ4n) is 2.57. The first-order chi connectivity index (χ1) is 7.39. The fraction of sp³-hybridized carbons (Fsp3) is 0.200. The molecule has 2 unspecified atom stereocenters. The predicted octanol–water partition coefficient (Wildman–Crippen LogP) is 3.63. The predicted molar refractivity (Wildman–Crippen MR) is 63.6 cm³/mol. The lowest BCUT2D eigenvalue weighted by Crippen LogP contribution is -2.18. The maximum absolute atomic E-state index is 2.35. The molecule has 2 aliphatic rings. The Kier molecular flexibility index (Phi) is 1.88. The zero-order chi connectivity index (χ0) is 10.1. The van der Waals surface area contributed by atoms with Crippen molar-refractivity contribution < 1.29 is 0 Å². The zero-order valence-electron chi connectivity index (χ0n) is 8.64. The van der Waals surface area contributed by atoms with E-state index in [4.69, 9.17) is 0 Å². The molecule has 2 aliphatic carbocycles. The van der Waals surface area contributed by atoms with Crippen molar-refractivity contribution >= 4 is 0 Å². The lowest BCUT2D eigenvalue weighted by molar-refractivity contribution is 0.593. The summed E-state index contributed by atoms with van der Waals surface area (Å²) in [4.78, 5) is 0. The highest BCUT2D eigenvalue weighted by Crippen LogP contribution is 2.41. The monoisotopic (exact) mass is 194 g/mol. The van der Waals surface area contributed by atoms with Gasteiger partial charge in [0.25, 0.3) is 0 Å². The molecule has 15 heavy (non-hydrogen) atoms. The molecule has 74 valence electrons. The fourth-order valence-corrected chi connectivity index (χ4v) is 2.57. The van der Waals surface area contributed by atoms with Gasteiger partial charge < -0.3 is 0 Å². The average Bonchev–Trinajstić information content (AvgIpc) is 2.56. The van der Waals surface area contributed by atoms with Gasteiger partial charge >= 0.3 is 0 Å². The van der Waals surface area contributed by atoms with Crippen molar-refractivity contribution in [3.63, 3.8) is 0 Å². The van der Waals surface area contributed by atoms with Crippen LogP contribution in [0.3, 0.4) is 0 Å². The van der Waals surface area contributed by atoms with Crippen molar-refractivity contribution in [3.8, 4) is 0 Å². The Morgan fingerprint density at radius 2 is 1.80 bits per heavy atom. The Morgan fingerprint density at radius 1 is 0.933 bits per heavy atom. The van der Waals surface area contributed by atoms with Crippen LogP contribution in [-0.2, 0) is 5.41 Å². The van der Waals surface area contributed by atoms with Crippen LogP contribution in [0.5, 0.6) is 0 Å². The molecule has 0 amide bonds. The third-order valence-corrected chi connectivity index (χ3v) is 3.39. The summed E-state index contributed by atoms with van der Waals surface area (Å²) in [6, 6.07) is 10.8. The molecule has 0 heterocycles. The lowest BCUT2D eigenvalue weighted by Gasteiger charge is -2.24. The van der Waals surface area contributed by atoms with Crippen LogP contribution in [0.25, 0.3) is 0 Å². The molecule has 0 saturated heterocycles. The van der Waals surface area contributed by atoms with Gasteiger partial charge in [0.1, 0.15) is 0 Å². The summed E-state index contributed by atoms with van der Waals surface area (Å²) in [6.07, 6.45) is 14.8. The number of benzene rings is 1. The summed E-state index contributed by atoms with van der Waals surface area (Å²) in [5, 5.41) is 0. The minimum atomic E-state index is 0.148. The standard InChI is InChI=1S/C15H14/c1-2-7-14(8-3-1)15-10-5-4-6-13(12-15)9-11-15/h1-11,13H,12H2. The number of rotatable bonds is 1. The molecule has 1 aromatic carbocycles. The van der Waals surface area contributed by atoms with Crippen LogP contribution >= 0.6 is 0 Å². The van der Waals surface area contributed by atoms with Gasteiger partial charge in [0.05, 0.1) is 0 Å². The van der Waals surface area contributed by atoms with Crippen molar-refractivity contribution in [2.75, 3.05) is 0 Å². The number of allylic oxidation sites excluding steroid dienone is 6. The van der Waals surface area contributed by atoms with Crippen LogP contribution in [-0.4, -0.2) is 0 Å². The van der Waals surface area contributed by atoms with E-state index in [1.807, 2.05) is 0 Å². The van der Waals surface area contributed by atoms with Crippen LogP contribution < -0.4 is 0 Å². The smallest absolute Gasteiger partial charge is 0.0323 e. The molecule has 2 atom stereocenters. The van der Waals surface area contributed by atoms with Gasteiger partial charge in [0, 0.05) is 5.41 Å². The molecular weight excluding hydrogens is 180 g/mol. The molecule has 0 radical (unpaired) electrons. The van der Waals surface area contributed by atoms with E-state index in [1.165, 1.54) is 12.0 Å². The van der Waals surface area contributed by atoms with Gasteiger partial charge in [-0.3, -0.25) is 0 Å². The van der Waals surface area contributed by atoms with Crippen molar-refractivity contribution in [1.29, 1.82) is 0 Å². The summed E-state index contributed by atoms with van der Waals surface area (Å²) in [5.74, 6) is 0.611. The van der Waals surface area contributed by atoms with E-state index >= 15 is 0 Å². The minimum absolute atomic E-state index is 0.148. The van der Waals surface area contributed by atoms with Crippen molar-refractivity contribution in [3.05, 3.63) is 72.4 Å². The van der Waals surface area contributed by atoms with Gasteiger partial charge in [-0.1, -0.05) is 66.8 Å². The first kappa shape index (κ1) is 8.72. The molecule has 0 saturated carbocycles. The average molecular weight is 194 g/mol. The first-order valence-corrected chi connectivity index (χ1v) is 5.50. The van der Waals surface area contributed by atoms with Gasteiger partial charge in [-0.2, -0.15) is 0 Å². The van der Waals surface area contributed by atoms with E-state index in [2.05, 4.69) is 66.8 Å². The summed E-state index contributed by atoms with van der Waals surface area (Å²) in [7, 11) is 0. The maximum atomic E-state index is 2.35. The maximum Gasteiger partial charge on any atom is 0.0323 e. The Hall–Kier alpha value is -1.56. The molecule has 0 spiro atoms. The molecule has 3 rings (SSSR count). The number of hydrogen-bond acceptors (Lipinski definition) is 0. The van der Waals surface area contributed by atoms with Crippen molar-refractivity contribution in [2.24, 2.45) is 5.92 Å². The van der Waals surface area contributed by atoms with E-state index < -0.39 is 0 Å². The van der Waals surface area contributed by atoms with E-state index in [-0.39, 0.29) is 5.41 Å². The number of fused-ring (bicyclic) bond motifs is 2. The van der Waals surface area contributed by atoms with Crippen LogP contribution in [0.15, 0.2) is 66.8 Å². The van der Waals surface area contributed by atoms with Gasteiger partial charge in [0.15, 0.2) is 0 Å². The lowest BCUT2D eigenvalue weighted by atomic mass is 9.79. The molecule has 1 aromatic rings. The second-order valence-electron chi connectivity index (χ2n) is 4.38. The summed E-state index contributed by atoms with van der Waals surface area (Å²) in [6.45, 7) is 0. The Bertz CT molecular complexity index is 436. The molecule has 0 aromatic heterocycles. The molecule has 0 heteroatoms. The topological polar surface area (TPSA) is 0 Å². The minimum Gasteiger partial charge on any atom is -0.0804 e. The third-order valence-electron chi connectivity index (χ3n) is 3.39. The van der Waals surface area contributed by atoms with E-state index in [0.29, 0.717) is 5.92 Å². The molecule has 0 aliphatic heterocycles. The summed E-state index contributed by atoms with van der Waals surface area (Å²) >= 11 is 0. The van der Waals surface area contributed by atoms with Gasteiger partial charge in [0.2, 0.25) is 0 Å². The summed E-state index contributed by atoms with van der Waals surface area (Å²) < 4.78 is 0. The Balaban J connectivity index is 2.09. The van der Waals surface area contributed by atoms with Crippen molar-refractivity contribution in [1.82, 2.24) is 0 Å². The largest absolute Gasteiger partial charge is 0.0804 e. The van der Waals surface area contributed by atoms with Crippen LogP contribution in [0, 0.1) is 5.92 Å². The van der Waals surface area contributed by atoms with E-state index in [9.17, 15) is 0 Å². The van der Waals surface area contributed by atoms with Crippen LogP contribution in [0.4, 0.5) is 0 Å². The Morgan fingerprint density at radius 3 is 2.67 bits per heavy atom. The quantitative estimate of drug-likeness (QED) is 0.599. The van der Waals surface area contributed by atoms with E-state index in [1.54, 1.807) is 0 Å². The molecule has 0 fully saturated rings. The second kappa shape index (κ2) is 3.23. The Labute approximate surface area is 90.6 Å². The molecule has 0 nitrogen and oxygen atoms in total. The molecule has 0 N–H and O–H groups in total. The van der Waals surface area contributed by atoms with Crippen LogP contribution in [0.2, 0.25) is 0 Å². The first-order valence-electron chi connectivity index (χ1n) is 5.50. The molecular formula is C15H14. The van der Waals surface area contributed by atoms with Crippen LogP contribution in [0.1, 0.15) is 12.0 Å². The number of hydrogen-bond donors (Lipinski definition) is 0. The van der Waals surface area contributed by atoms with E-state index in [0.717, 1.165) is 0 Å². The van der Waals surface area contributed by atoms with Gasteiger partial charge in [-0.25, -0.2) is 0 Å². The third kappa shape index (κ3) is 1.37. The SMILES string of the molecule is C1=CC2C=CC(c3ccccc3)(C=C1)C2. The summed E-state index contributed by atoms with van der Waals surface area (Å²) in [5.41, 5.74) is 1.55. The highest BCUT2D eigenvalue weighted by molar-refractivity contribution is 5.43. The van der Waals surface area contributed by atoms with Gasteiger partial charge in [-0.05, 0) is 17.9 Å². The zero-order valence-corrected chi connectivity index (χ0v) is 8.64. The van der Waals surface area contributed by atoms with Crippen molar-refractivity contribution in [2.45, 2.75) is 11.8 Å².